The molecule has 0 aromatic heterocycles. The molecular formula is C37H50N2O5. The van der Waals surface area contributed by atoms with Crippen molar-refractivity contribution in [1.29, 1.82) is 0 Å². The molecule has 1 fully saturated rings. The number of cyclic esters (lactones) is 1. The number of nitrogens with one attached hydrogen (secondary N) is 2. The van der Waals surface area contributed by atoms with Crippen LogP contribution in [-0.4, -0.2) is 48.2 Å². The maximum absolute atomic E-state index is 13.7. The number of hydrogen-bond donors (Lipinski definition) is 3. The van der Waals surface area contributed by atoms with E-state index in [-0.39, 0.29) is 49.4 Å². The number of rotatable bonds is 10. The van der Waals surface area contributed by atoms with E-state index in [4.69, 9.17) is 4.74 Å². The lowest BCUT2D eigenvalue weighted by atomic mass is 9.84. The fraction of sp³-hybridized carbons (Fsp3) is 0.541. The molecule has 1 heterocycles. The van der Waals surface area contributed by atoms with E-state index in [1.165, 1.54) is 19.3 Å². The molecule has 1 aliphatic carbocycles. The van der Waals surface area contributed by atoms with Crippen molar-refractivity contribution >= 4 is 17.8 Å². The van der Waals surface area contributed by atoms with Crippen LogP contribution in [0, 0.1) is 17.8 Å². The summed E-state index contributed by atoms with van der Waals surface area (Å²) in [6.07, 6.45) is 14.7. The lowest BCUT2D eigenvalue weighted by Crippen LogP contribution is -2.45. The standard InChI is InChI=1S/C37H50N2O5/c40-26-33(23-29-16-8-4-9-17-29)38-35(41)25-31-20-12-1-2-13-21-32(22-28-14-6-3-7-15-28)37(43)44-27-34(39-36(31)42)24-30-18-10-5-11-19-30/h1,3-4,6-9,12,14-17,30-34,40H,2,5,10-11,13,18-27H2,(H,38,41)(H,39,42)/t31-,32-,33-,34+/m1/s1. The molecule has 2 aromatic rings. The summed E-state index contributed by atoms with van der Waals surface area (Å²) in [4.78, 5) is 40.2. The van der Waals surface area contributed by atoms with Gasteiger partial charge in [-0.25, -0.2) is 0 Å². The van der Waals surface area contributed by atoms with Crippen LogP contribution in [0.3, 0.4) is 0 Å². The monoisotopic (exact) mass is 602 g/mol. The van der Waals surface area contributed by atoms with Gasteiger partial charge in [0, 0.05) is 6.42 Å². The molecule has 238 valence electrons. The molecule has 4 rings (SSSR count). The number of carbonyl (C=O) groups excluding carboxylic acids is 3. The summed E-state index contributed by atoms with van der Waals surface area (Å²) in [5.74, 6) is -0.956. The molecule has 44 heavy (non-hydrogen) atoms. The first kappa shape index (κ1) is 33.4. The van der Waals surface area contributed by atoms with E-state index in [2.05, 4.69) is 16.7 Å². The Labute approximate surface area is 262 Å². The number of aliphatic hydroxyl groups excluding tert-OH is 1. The van der Waals surface area contributed by atoms with Crippen LogP contribution in [-0.2, 0) is 32.0 Å². The van der Waals surface area contributed by atoms with Gasteiger partial charge in [0.05, 0.1) is 30.5 Å². The minimum atomic E-state index is -0.555. The van der Waals surface area contributed by atoms with Crippen LogP contribution >= 0.6 is 0 Å². The summed E-state index contributed by atoms with van der Waals surface area (Å²) in [6, 6.07) is 19.1. The number of carbonyl (C=O) groups is 3. The highest BCUT2D eigenvalue weighted by molar-refractivity contribution is 5.86. The van der Waals surface area contributed by atoms with Crippen LogP contribution in [0.4, 0.5) is 0 Å². The van der Waals surface area contributed by atoms with Crippen molar-refractivity contribution < 1.29 is 24.2 Å². The third kappa shape index (κ3) is 11.6. The van der Waals surface area contributed by atoms with Gasteiger partial charge in [0.2, 0.25) is 11.8 Å². The van der Waals surface area contributed by atoms with Crippen molar-refractivity contribution in [2.45, 2.75) is 95.6 Å². The molecule has 4 atom stereocenters. The lowest BCUT2D eigenvalue weighted by molar-refractivity contribution is -0.150. The maximum Gasteiger partial charge on any atom is 0.309 e. The fourth-order valence-electron chi connectivity index (χ4n) is 6.53. The van der Waals surface area contributed by atoms with Gasteiger partial charge in [0.1, 0.15) is 6.61 Å². The van der Waals surface area contributed by atoms with Crippen LogP contribution in [0.2, 0.25) is 0 Å². The quantitative estimate of drug-likeness (QED) is 0.239. The first-order chi connectivity index (χ1) is 21.5. The van der Waals surface area contributed by atoms with Gasteiger partial charge in [-0.3, -0.25) is 14.4 Å². The molecule has 2 aromatic carbocycles. The van der Waals surface area contributed by atoms with Gasteiger partial charge < -0.3 is 20.5 Å². The second-order valence-electron chi connectivity index (χ2n) is 12.6. The van der Waals surface area contributed by atoms with Gasteiger partial charge in [0.15, 0.2) is 0 Å². The average molecular weight is 603 g/mol. The van der Waals surface area contributed by atoms with Crippen LogP contribution in [0.5, 0.6) is 0 Å². The number of hydrogen-bond acceptors (Lipinski definition) is 5. The van der Waals surface area contributed by atoms with Crippen molar-refractivity contribution in [1.82, 2.24) is 10.6 Å². The van der Waals surface area contributed by atoms with E-state index in [0.29, 0.717) is 25.2 Å². The van der Waals surface area contributed by atoms with Crippen molar-refractivity contribution in [2.75, 3.05) is 13.2 Å². The summed E-state index contributed by atoms with van der Waals surface area (Å²) < 4.78 is 5.94. The first-order valence-electron chi connectivity index (χ1n) is 16.6. The summed E-state index contributed by atoms with van der Waals surface area (Å²) >= 11 is 0. The third-order valence-electron chi connectivity index (χ3n) is 9.00. The highest BCUT2D eigenvalue weighted by atomic mass is 16.5. The molecule has 0 spiro atoms. The van der Waals surface area contributed by atoms with Crippen molar-refractivity contribution in [3.63, 3.8) is 0 Å². The molecular weight excluding hydrogens is 552 g/mol. The maximum atomic E-state index is 13.7. The predicted molar refractivity (Wildman–Crippen MR) is 173 cm³/mol. The normalized spacial score (nSPS) is 23.2. The van der Waals surface area contributed by atoms with Gasteiger partial charge in [-0.15, -0.1) is 0 Å². The SMILES string of the molecule is O=C(C[C@H]1CC=CCCC[C@H](Cc2ccccc2)C(=O)OC[C@H](CC2CCCCC2)NC1=O)N[C@@H](CO)Cc1ccccc1. The summed E-state index contributed by atoms with van der Waals surface area (Å²) in [5.41, 5.74) is 2.14. The Morgan fingerprint density at radius 1 is 0.886 bits per heavy atom. The number of allylic oxidation sites excluding steroid dienone is 2. The first-order valence-corrected chi connectivity index (χ1v) is 16.6. The minimum absolute atomic E-state index is 0.0244. The Morgan fingerprint density at radius 2 is 1.59 bits per heavy atom. The van der Waals surface area contributed by atoms with Crippen LogP contribution in [0.25, 0.3) is 0 Å². The van der Waals surface area contributed by atoms with Crippen LogP contribution < -0.4 is 10.6 Å². The van der Waals surface area contributed by atoms with Crippen molar-refractivity contribution in [3.8, 4) is 0 Å². The molecule has 7 heteroatoms. The van der Waals surface area contributed by atoms with Crippen LogP contribution in [0.15, 0.2) is 72.8 Å². The Balaban J connectivity index is 1.44. The molecule has 0 bridgehead atoms. The zero-order valence-electron chi connectivity index (χ0n) is 26.0. The molecule has 1 saturated carbocycles. The number of esters is 1. The average Bonchev–Trinajstić information content (AvgIpc) is 3.04. The number of ether oxygens (including phenoxy) is 1. The van der Waals surface area contributed by atoms with Gasteiger partial charge in [-0.05, 0) is 62.0 Å². The van der Waals surface area contributed by atoms with Crippen molar-refractivity contribution in [3.05, 3.63) is 83.9 Å². The highest BCUT2D eigenvalue weighted by Gasteiger charge is 2.29. The fourth-order valence-corrected chi connectivity index (χ4v) is 6.53. The zero-order chi connectivity index (χ0) is 31.0. The molecule has 0 saturated heterocycles. The Morgan fingerprint density at radius 3 is 2.30 bits per heavy atom. The van der Waals surface area contributed by atoms with Gasteiger partial charge >= 0.3 is 5.97 Å². The van der Waals surface area contributed by atoms with E-state index in [1.807, 2.05) is 66.7 Å². The van der Waals surface area contributed by atoms with Gasteiger partial charge in [-0.2, -0.15) is 0 Å². The number of amides is 2. The highest BCUT2D eigenvalue weighted by Crippen LogP contribution is 2.28. The summed E-state index contributed by atoms with van der Waals surface area (Å²) in [6.45, 7) is -0.0394. The third-order valence-corrected chi connectivity index (χ3v) is 9.00. The summed E-state index contributed by atoms with van der Waals surface area (Å²) in [5, 5.41) is 16.0. The molecule has 3 N–H and O–H groups in total. The van der Waals surface area contributed by atoms with E-state index in [1.54, 1.807) is 0 Å². The lowest BCUT2D eigenvalue weighted by Gasteiger charge is -2.29. The topological polar surface area (TPSA) is 105 Å². The predicted octanol–water partition coefficient (Wildman–Crippen LogP) is 5.70. The smallest absolute Gasteiger partial charge is 0.309 e. The molecule has 2 amide bonds. The van der Waals surface area contributed by atoms with Crippen molar-refractivity contribution in [2.24, 2.45) is 17.8 Å². The minimum Gasteiger partial charge on any atom is -0.463 e. The Kier molecular flexibility index (Phi) is 14.0. The second kappa shape index (κ2) is 18.4. The Bertz CT molecular complexity index is 1180. The number of benzene rings is 2. The molecule has 0 unspecified atom stereocenters. The molecule has 0 radical (unpaired) electrons. The van der Waals surface area contributed by atoms with E-state index in [0.717, 1.165) is 49.7 Å². The van der Waals surface area contributed by atoms with E-state index < -0.39 is 12.0 Å². The second-order valence-corrected chi connectivity index (χ2v) is 12.6. The van der Waals surface area contributed by atoms with E-state index in [9.17, 15) is 19.5 Å². The summed E-state index contributed by atoms with van der Waals surface area (Å²) in [7, 11) is 0. The zero-order valence-corrected chi connectivity index (χ0v) is 26.0. The van der Waals surface area contributed by atoms with E-state index >= 15 is 0 Å². The van der Waals surface area contributed by atoms with Crippen LogP contribution in [0.1, 0.15) is 81.8 Å². The Hall–Kier alpha value is -3.45. The van der Waals surface area contributed by atoms with Gasteiger partial charge in [0.25, 0.3) is 0 Å². The molecule has 2 aliphatic rings. The molecule has 7 nitrogen and oxygen atoms in total. The number of aliphatic hydroxyl groups is 1. The molecule has 1 aliphatic heterocycles. The largest absolute Gasteiger partial charge is 0.463 e. The van der Waals surface area contributed by atoms with Gasteiger partial charge in [-0.1, -0.05) is 105 Å².